The van der Waals surface area contributed by atoms with Gasteiger partial charge in [-0.3, -0.25) is 4.79 Å². The van der Waals surface area contributed by atoms with Gasteiger partial charge in [0.2, 0.25) is 5.91 Å². The monoisotopic (exact) mass is 434 g/mol. The van der Waals surface area contributed by atoms with Crippen molar-refractivity contribution in [2.75, 3.05) is 11.1 Å². The Morgan fingerprint density at radius 2 is 1.87 bits per heavy atom. The van der Waals surface area contributed by atoms with Crippen molar-refractivity contribution < 1.29 is 13.9 Å². The SMILES string of the molecule is CCn1c(SCC(=O)Nc2ccccc2Oc2ccccc2)nnc1-c1ccoc1C. The highest BCUT2D eigenvalue weighted by atomic mass is 32.2. The molecule has 0 aliphatic heterocycles. The molecule has 1 N–H and O–H groups in total. The minimum atomic E-state index is -0.152. The minimum absolute atomic E-state index is 0.152. The Balaban J connectivity index is 1.43. The molecule has 0 saturated carbocycles. The minimum Gasteiger partial charge on any atom is -0.469 e. The summed E-state index contributed by atoms with van der Waals surface area (Å²) in [6.45, 7) is 4.59. The number of para-hydroxylation sites is 3. The van der Waals surface area contributed by atoms with Crippen molar-refractivity contribution in [3.8, 4) is 22.9 Å². The number of nitrogens with zero attached hydrogens (tertiary/aromatic N) is 3. The van der Waals surface area contributed by atoms with E-state index in [1.807, 2.05) is 79.1 Å². The molecule has 8 heteroatoms. The Hall–Kier alpha value is -3.52. The number of anilines is 1. The van der Waals surface area contributed by atoms with Crippen LogP contribution in [0.5, 0.6) is 11.5 Å². The lowest BCUT2D eigenvalue weighted by atomic mass is 10.2. The third-order valence-electron chi connectivity index (χ3n) is 4.60. The van der Waals surface area contributed by atoms with Crippen molar-refractivity contribution in [1.29, 1.82) is 0 Å². The van der Waals surface area contributed by atoms with E-state index in [9.17, 15) is 4.79 Å². The summed E-state index contributed by atoms with van der Waals surface area (Å²) in [4.78, 5) is 12.6. The molecule has 2 heterocycles. The van der Waals surface area contributed by atoms with Crippen LogP contribution in [0.15, 0.2) is 76.5 Å². The highest BCUT2D eigenvalue weighted by Crippen LogP contribution is 2.30. The van der Waals surface area contributed by atoms with Gasteiger partial charge in [-0.15, -0.1) is 10.2 Å². The average molecular weight is 435 g/mol. The molecule has 0 fully saturated rings. The molecule has 0 unspecified atom stereocenters. The van der Waals surface area contributed by atoms with E-state index in [1.54, 1.807) is 6.26 Å². The molecule has 2 aromatic carbocycles. The topological polar surface area (TPSA) is 82.2 Å². The molecule has 0 radical (unpaired) electrons. The standard InChI is InChI=1S/C23H22N4O3S/c1-3-27-22(18-13-14-29-16(18)2)25-26-23(27)31-15-21(28)24-19-11-7-8-12-20(19)30-17-9-5-4-6-10-17/h4-14H,3,15H2,1-2H3,(H,24,28). The molecule has 1 amide bonds. The molecule has 0 aliphatic carbocycles. The van der Waals surface area contributed by atoms with E-state index in [0.29, 0.717) is 28.9 Å². The van der Waals surface area contributed by atoms with Gasteiger partial charge in [0, 0.05) is 6.54 Å². The van der Waals surface area contributed by atoms with Crippen LogP contribution < -0.4 is 10.1 Å². The third kappa shape index (κ3) is 4.80. The maximum absolute atomic E-state index is 12.6. The van der Waals surface area contributed by atoms with E-state index >= 15 is 0 Å². The number of rotatable bonds is 8. The van der Waals surface area contributed by atoms with Crippen molar-refractivity contribution >= 4 is 23.4 Å². The molecule has 7 nitrogen and oxygen atoms in total. The van der Waals surface area contributed by atoms with Crippen LogP contribution in [-0.4, -0.2) is 26.4 Å². The number of carbonyl (C=O) groups excluding carboxylic acids is 1. The second kappa shape index (κ2) is 9.53. The van der Waals surface area contributed by atoms with Crippen LogP contribution in [0.4, 0.5) is 5.69 Å². The van der Waals surface area contributed by atoms with E-state index < -0.39 is 0 Å². The Morgan fingerprint density at radius 1 is 1.10 bits per heavy atom. The van der Waals surface area contributed by atoms with E-state index in [0.717, 1.165) is 17.1 Å². The van der Waals surface area contributed by atoms with Gasteiger partial charge in [-0.25, -0.2) is 0 Å². The molecule has 0 saturated heterocycles. The highest BCUT2D eigenvalue weighted by Gasteiger charge is 2.17. The number of furan rings is 1. The number of aromatic nitrogens is 3. The molecule has 0 spiro atoms. The maximum atomic E-state index is 12.6. The molecule has 0 aliphatic rings. The molecule has 31 heavy (non-hydrogen) atoms. The van der Waals surface area contributed by atoms with Gasteiger partial charge in [-0.2, -0.15) is 0 Å². The van der Waals surface area contributed by atoms with Crippen LogP contribution in [0, 0.1) is 6.92 Å². The lowest BCUT2D eigenvalue weighted by Gasteiger charge is -2.12. The Bertz CT molecular complexity index is 1170. The summed E-state index contributed by atoms with van der Waals surface area (Å²) in [5.74, 6) is 2.85. The molecule has 0 atom stereocenters. The zero-order valence-electron chi connectivity index (χ0n) is 17.2. The van der Waals surface area contributed by atoms with Crippen molar-refractivity contribution in [2.24, 2.45) is 0 Å². The summed E-state index contributed by atoms with van der Waals surface area (Å²) in [6.07, 6.45) is 1.63. The summed E-state index contributed by atoms with van der Waals surface area (Å²) in [7, 11) is 0. The normalized spacial score (nSPS) is 10.8. The molecule has 4 aromatic rings. The van der Waals surface area contributed by atoms with Crippen LogP contribution in [0.3, 0.4) is 0 Å². The zero-order chi connectivity index (χ0) is 21.6. The van der Waals surface area contributed by atoms with Crippen molar-refractivity contribution in [2.45, 2.75) is 25.5 Å². The number of ether oxygens (including phenoxy) is 1. The van der Waals surface area contributed by atoms with Gasteiger partial charge in [0.15, 0.2) is 16.7 Å². The first-order valence-electron chi connectivity index (χ1n) is 9.88. The summed E-state index contributed by atoms with van der Waals surface area (Å²) >= 11 is 1.34. The lowest BCUT2D eigenvalue weighted by Crippen LogP contribution is -2.15. The van der Waals surface area contributed by atoms with Crippen LogP contribution in [0.25, 0.3) is 11.4 Å². The molecular formula is C23H22N4O3S. The molecular weight excluding hydrogens is 412 g/mol. The average Bonchev–Trinajstić information content (AvgIpc) is 3.39. The fourth-order valence-electron chi connectivity index (χ4n) is 3.09. The number of benzene rings is 2. The number of hydrogen-bond acceptors (Lipinski definition) is 6. The summed E-state index contributed by atoms with van der Waals surface area (Å²) < 4.78 is 13.3. The fraction of sp³-hybridized carbons (Fsp3) is 0.174. The molecule has 158 valence electrons. The van der Waals surface area contributed by atoms with Crippen LogP contribution in [0.2, 0.25) is 0 Å². The Morgan fingerprint density at radius 3 is 2.61 bits per heavy atom. The molecule has 2 aromatic heterocycles. The number of nitrogens with one attached hydrogen (secondary N) is 1. The predicted molar refractivity (Wildman–Crippen MR) is 120 cm³/mol. The van der Waals surface area contributed by atoms with Gasteiger partial charge in [-0.05, 0) is 44.2 Å². The zero-order valence-corrected chi connectivity index (χ0v) is 18.1. The first-order valence-corrected chi connectivity index (χ1v) is 10.9. The largest absolute Gasteiger partial charge is 0.469 e. The van der Waals surface area contributed by atoms with E-state index in [2.05, 4.69) is 15.5 Å². The summed E-state index contributed by atoms with van der Waals surface area (Å²) in [5, 5.41) is 12.2. The highest BCUT2D eigenvalue weighted by molar-refractivity contribution is 7.99. The van der Waals surface area contributed by atoms with Gasteiger partial charge >= 0.3 is 0 Å². The second-order valence-corrected chi connectivity index (χ2v) is 7.63. The van der Waals surface area contributed by atoms with Crippen molar-refractivity contribution in [1.82, 2.24) is 14.8 Å². The first-order chi connectivity index (χ1) is 15.2. The molecule has 0 bridgehead atoms. The summed E-state index contributed by atoms with van der Waals surface area (Å²) in [5.41, 5.74) is 1.52. The third-order valence-corrected chi connectivity index (χ3v) is 5.56. The van der Waals surface area contributed by atoms with Crippen LogP contribution >= 0.6 is 11.8 Å². The van der Waals surface area contributed by atoms with E-state index in [-0.39, 0.29) is 11.7 Å². The van der Waals surface area contributed by atoms with Crippen molar-refractivity contribution in [3.05, 3.63) is 72.7 Å². The number of hydrogen-bond donors (Lipinski definition) is 1. The Labute approximate surface area is 184 Å². The van der Waals surface area contributed by atoms with Crippen molar-refractivity contribution in [3.63, 3.8) is 0 Å². The number of thioether (sulfide) groups is 1. The number of amides is 1. The second-order valence-electron chi connectivity index (χ2n) is 6.69. The quantitative estimate of drug-likeness (QED) is 0.375. The van der Waals surface area contributed by atoms with Gasteiger partial charge < -0.3 is 19.0 Å². The lowest BCUT2D eigenvalue weighted by molar-refractivity contribution is -0.113. The van der Waals surface area contributed by atoms with Gasteiger partial charge in [0.05, 0.1) is 23.3 Å². The van der Waals surface area contributed by atoms with Crippen LogP contribution in [-0.2, 0) is 11.3 Å². The smallest absolute Gasteiger partial charge is 0.234 e. The first kappa shape index (κ1) is 20.7. The Kier molecular flexibility index (Phi) is 6.37. The van der Waals surface area contributed by atoms with Crippen LogP contribution in [0.1, 0.15) is 12.7 Å². The molecule has 4 rings (SSSR count). The fourth-order valence-corrected chi connectivity index (χ4v) is 3.89. The van der Waals surface area contributed by atoms with Gasteiger partial charge in [0.25, 0.3) is 0 Å². The van der Waals surface area contributed by atoms with E-state index in [4.69, 9.17) is 9.15 Å². The maximum Gasteiger partial charge on any atom is 0.234 e. The number of carbonyl (C=O) groups is 1. The summed E-state index contributed by atoms with van der Waals surface area (Å²) in [6, 6.07) is 18.7. The predicted octanol–water partition coefficient (Wildman–Crippen LogP) is 5.39. The van der Waals surface area contributed by atoms with Gasteiger partial charge in [-0.1, -0.05) is 42.1 Å². The number of aryl methyl sites for hydroxylation is 1. The van der Waals surface area contributed by atoms with Gasteiger partial charge in [0.1, 0.15) is 11.5 Å². The van der Waals surface area contributed by atoms with E-state index in [1.165, 1.54) is 11.8 Å².